The lowest BCUT2D eigenvalue weighted by atomic mass is 9.80. The molecule has 0 fully saturated rings. The summed E-state index contributed by atoms with van der Waals surface area (Å²) in [4.78, 5) is 13.7. The summed E-state index contributed by atoms with van der Waals surface area (Å²) in [6, 6.07) is 14.2. The number of carbonyl (C=O) groups excluding carboxylic acids is 1. The van der Waals surface area contributed by atoms with Gasteiger partial charge < -0.3 is 10.6 Å². The Morgan fingerprint density at radius 2 is 1.69 bits per heavy atom. The second-order valence-electron chi connectivity index (χ2n) is 5.86. The number of para-hydroxylation sites is 2. The molecule has 2 aromatic rings. The Hall–Kier alpha value is -3.47. The number of anilines is 2. The van der Waals surface area contributed by atoms with E-state index >= 15 is 0 Å². The molecule has 0 saturated heterocycles. The fourth-order valence-electron chi connectivity index (χ4n) is 3.34. The third-order valence-electron chi connectivity index (χ3n) is 4.47. The molecule has 0 bridgehead atoms. The Balaban J connectivity index is 2.04. The molecule has 2 aromatic carbocycles. The molecule has 0 aromatic heterocycles. The minimum Gasteiger partial charge on any atom is -0.339 e. The Bertz CT molecular complexity index is 978. The molecule has 0 radical (unpaired) electrons. The van der Waals surface area contributed by atoms with Crippen LogP contribution in [-0.4, -0.2) is 12.2 Å². The minimum atomic E-state index is -4.93. The van der Waals surface area contributed by atoms with Gasteiger partial charge in [0, 0.05) is 0 Å². The number of fused-ring (bicyclic) bond motifs is 3. The van der Waals surface area contributed by atoms with Crippen LogP contribution in [0.5, 0.6) is 0 Å². The summed E-state index contributed by atoms with van der Waals surface area (Å²) < 4.78 is 42.7. The van der Waals surface area contributed by atoms with Crippen LogP contribution in [-0.2, 0) is 5.54 Å². The number of nitrogens with zero attached hydrogens (tertiary/aromatic N) is 2. The first-order chi connectivity index (χ1) is 12.4. The summed E-state index contributed by atoms with van der Waals surface area (Å²) in [6.07, 6.45) is -4.93. The molecule has 2 amide bonds. The maximum atomic E-state index is 14.2. The van der Waals surface area contributed by atoms with Crippen LogP contribution in [0.15, 0.2) is 66.0 Å². The van der Waals surface area contributed by atoms with Crippen molar-refractivity contribution < 1.29 is 18.0 Å². The van der Waals surface area contributed by atoms with Gasteiger partial charge in [-0.1, -0.05) is 42.5 Å². The van der Waals surface area contributed by atoms with Crippen LogP contribution in [0.2, 0.25) is 0 Å². The molecule has 130 valence electrons. The zero-order chi connectivity index (χ0) is 18.5. The van der Waals surface area contributed by atoms with Gasteiger partial charge in [-0.25, -0.2) is 9.69 Å². The monoisotopic (exact) mass is 356 g/mol. The van der Waals surface area contributed by atoms with Gasteiger partial charge in [-0.2, -0.15) is 18.4 Å². The molecule has 8 heteroatoms. The summed E-state index contributed by atoms with van der Waals surface area (Å²) in [5, 5.41) is 14.5. The van der Waals surface area contributed by atoms with E-state index in [0.29, 0.717) is 11.4 Å². The van der Waals surface area contributed by atoms with E-state index in [-0.39, 0.29) is 11.4 Å². The van der Waals surface area contributed by atoms with E-state index in [1.54, 1.807) is 36.4 Å². The number of alkyl halides is 3. The minimum absolute atomic E-state index is 0.182. The van der Waals surface area contributed by atoms with Crippen LogP contribution in [0.3, 0.4) is 0 Å². The average Bonchev–Trinajstić information content (AvgIpc) is 3.01. The van der Waals surface area contributed by atoms with Crippen LogP contribution in [0.1, 0.15) is 5.56 Å². The second kappa shape index (κ2) is 5.26. The third kappa shape index (κ3) is 1.94. The van der Waals surface area contributed by atoms with Gasteiger partial charge in [0.1, 0.15) is 17.5 Å². The van der Waals surface area contributed by atoms with Gasteiger partial charge in [0.05, 0.1) is 11.4 Å². The Morgan fingerprint density at radius 3 is 2.35 bits per heavy atom. The number of benzene rings is 2. The van der Waals surface area contributed by atoms with Crippen molar-refractivity contribution in [2.45, 2.75) is 11.7 Å². The van der Waals surface area contributed by atoms with Crippen molar-refractivity contribution in [1.29, 1.82) is 5.26 Å². The summed E-state index contributed by atoms with van der Waals surface area (Å²) in [7, 11) is 0. The third-order valence-corrected chi connectivity index (χ3v) is 4.47. The van der Waals surface area contributed by atoms with Gasteiger partial charge >= 0.3 is 12.2 Å². The smallest absolute Gasteiger partial charge is 0.339 e. The fourth-order valence-corrected chi connectivity index (χ4v) is 3.34. The molecule has 5 nitrogen and oxygen atoms in total. The van der Waals surface area contributed by atoms with Crippen molar-refractivity contribution in [3.63, 3.8) is 0 Å². The fraction of sp³-hybridized carbons (Fsp3) is 0.111. The van der Waals surface area contributed by atoms with E-state index in [4.69, 9.17) is 0 Å². The first-order valence-electron chi connectivity index (χ1n) is 7.65. The molecule has 26 heavy (non-hydrogen) atoms. The number of nitrogens with one attached hydrogen (secondary N) is 2. The number of rotatable bonds is 1. The topological polar surface area (TPSA) is 68.2 Å². The zero-order valence-electron chi connectivity index (χ0n) is 13.1. The van der Waals surface area contributed by atoms with Crippen molar-refractivity contribution in [2.75, 3.05) is 10.2 Å². The Labute approximate surface area is 146 Å². The normalized spacial score (nSPS) is 21.5. The van der Waals surface area contributed by atoms with Crippen LogP contribution in [0, 0.1) is 11.3 Å². The number of urea groups is 1. The van der Waals surface area contributed by atoms with E-state index in [9.17, 15) is 23.2 Å². The summed E-state index contributed by atoms with van der Waals surface area (Å²) >= 11 is 0. The molecular formula is C18H11F3N4O. The molecule has 0 aliphatic carbocycles. The summed E-state index contributed by atoms with van der Waals surface area (Å²) in [5.74, 6) is -0.182. The number of hydrogen-bond acceptors (Lipinski definition) is 3. The lowest BCUT2D eigenvalue weighted by Gasteiger charge is -2.42. The van der Waals surface area contributed by atoms with E-state index in [1.165, 1.54) is 24.3 Å². The van der Waals surface area contributed by atoms with Crippen LogP contribution >= 0.6 is 0 Å². The Kier molecular flexibility index (Phi) is 3.24. The average molecular weight is 356 g/mol. The van der Waals surface area contributed by atoms with Crippen molar-refractivity contribution >= 4 is 17.4 Å². The lowest BCUT2D eigenvalue weighted by molar-refractivity contribution is -0.184. The maximum absolute atomic E-state index is 14.2. The summed E-state index contributed by atoms with van der Waals surface area (Å²) in [6.45, 7) is 0. The second-order valence-corrected chi connectivity index (χ2v) is 5.86. The largest absolute Gasteiger partial charge is 0.421 e. The van der Waals surface area contributed by atoms with Gasteiger partial charge in [-0.05, 0) is 17.7 Å². The van der Waals surface area contributed by atoms with Gasteiger partial charge in [-0.3, -0.25) is 0 Å². The standard InChI is InChI=1S/C18H11F3N4O/c19-18(20,21)17(11-6-2-1-3-7-11)12(10-22)15-23-13-8-4-5-9-14(13)25(15)16(26)24-17/h1-9,23H,(H,24,26)/t17-/m1/s1. The molecule has 4 rings (SSSR count). The van der Waals surface area contributed by atoms with Crippen molar-refractivity contribution in [2.24, 2.45) is 0 Å². The molecule has 2 aliphatic rings. The van der Waals surface area contributed by atoms with E-state index in [0.717, 1.165) is 4.90 Å². The van der Waals surface area contributed by atoms with Crippen molar-refractivity contribution in [3.8, 4) is 6.07 Å². The molecule has 2 heterocycles. The predicted octanol–water partition coefficient (Wildman–Crippen LogP) is 3.83. The number of nitriles is 1. The van der Waals surface area contributed by atoms with Gasteiger partial charge in [0.25, 0.3) is 0 Å². The SMILES string of the molecule is N#CC1=C2Nc3ccccc3N2C(=O)N[C@@]1(c1ccccc1)C(F)(F)F. The predicted molar refractivity (Wildman–Crippen MR) is 87.9 cm³/mol. The van der Waals surface area contributed by atoms with Crippen LogP contribution < -0.4 is 15.5 Å². The van der Waals surface area contributed by atoms with Crippen molar-refractivity contribution in [3.05, 3.63) is 71.6 Å². The van der Waals surface area contributed by atoms with Crippen molar-refractivity contribution in [1.82, 2.24) is 5.32 Å². The van der Waals surface area contributed by atoms with Crippen LogP contribution in [0.4, 0.5) is 29.3 Å². The molecule has 0 saturated carbocycles. The number of carbonyl (C=O) groups is 1. The first kappa shape index (κ1) is 16.0. The highest BCUT2D eigenvalue weighted by Crippen LogP contribution is 2.50. The highest BCUT2D eigenvalue weighted by molar-refractivity contribution is 6.05. The molecule has 1 atom stereocenters. The Morgan fingerprint density at radius 1 is 1.04 bits per heavy atom. The van der Waals surface area contributed by atoms with Crippen LogP contribution in [0.25, 0.3) is 0 Å². The quantitative estimate of drug-likeness (QED) is 0.816. The molecule has 2 aliphatic heterocycles. The number of hydrogen-bond donors (Lipinski definition) is 2. The summed E-state index contributed by atoms with van der Waals surface area (Å²) in [5.41, 5.74) is -2.94. The van der Waals surface area contributed by atoms with Gasteiger partial charge in [0.15, 0.2) is 0 Å². The number of amides is 2. The molecular weight excluding hydrogens is 345 g/mol. The molecule has 0 unspecified atom stereocenters. The first-order valence-corrected chi connectivity index (χ1v) is 7.65. The zero-order valence-corrected chi connectivity index (χ0v) is 13.1. The molecule has 0 spiro atoms. The lowest BCUT2D eigenvalue weighted by Crippen LogP contribution is -2.63. The van der Waals surface area contributed by atoms with E-state index in [2.05, 4.69) is 5.32 Å². The highest BCUT2D eigenvalue weighted by atomic mass is 19.4. The highest BCUT2D eigenvalue weighted by Gasteiger charge is 2.64. The number of halogens is 3. The maximum Gasteiger partial charge on any atom is 0.421 e. The van der Waals surface area contributed by atoms with E-state index in [1.807, 2.05) is 5.32 Å². The van der Waals surface area contributed by atoms with E-state index < -0.39 is 23.3 Å². The molecule has 2 N–H and O–H groups in total. The van der Waals surface area contributed by atoms with Gasteiger partial charge in [-0.15, -0.1) is 0 Å². The van der Waals surface area contributed by atoms with Gasteiger partial charge in [0.2, 0.25) is 5.54 Å².